The molecule has 10 heteroatoms. The van der Waals surface area contributed by atoms with Crippen LogP contribution in [0.4, 0.5) is 0 Å². The van der Waals surface area contributed by atoms with E-state index in [1.807, 2.05) is 48.5 Å². The Labute approximate surface area is 252 Å². The van der Waals surface area contributed by atoms with E-state index in [9.17, 15) is 14.4 Å². The van der Waals surface area contributed by atoms with Crippen molar-refractivity contribution < 1.29 is 28.5 Å². The summed E-state index contributed by atoms with van der Waals surface area (Å²) in [6, 6.07) is 22.9. The number of hydrogen-bond donors (Lipinski definition) is 0. The predicted molar refractivity (Wildman–Crippen MR) is 163 cm³/mol. The van der Waals surface area contributed by atoms with E-state index in [4.69, 9.17) is 23.9 Å². The molecule has 220 valence electrons. The zero-order chi connectivity index (χ0) is 30.3. The molecule has 1 aliphatic rings. The molecule has 0 unspecified atom stereocenters. The van der Waals surface area contributed by atoms with Crippen LogP contribution in [0.5, 0.6) is 11.5 Å². The fourth-order valence-electron chi connectivity index (χ4n) is 4.78. The van der Waals surface area contributed by atoms with Crippen LogP contribution in [-0.4, -0.2) is 43.4 Å². The van der Waals surface area contributed by atoms with Gasteiger partial charge >= 0.3 is 11.9 Å². The number of rotatable bonds is 10. The van der Waals surface area contributed by atoms with Crippen molar-refractivity contribution in [3.05, 3.63) is 121 Å². The Hall–Kier alpha value is -4.96. The standard InChI is InChI=1S/C33H30N2O7S/c1-4-40-27(36)20-42-25-17-10-9-14-22(25)19-26-31(37)35-30(23-15-11-16-24(18-23)39-3)28(32(38)41-5-2)29(34-33(35)43-26)21-12-7-6-8-13-21/h6-19,30H,4-5,20H2,1-3H3/b26-19-/t30-/m1/s1. The third kappa shape index (κ3) is 6.29. The maximum Gasteiger partial charge on any atom is 0.344 e. The summed E-state index contributed by atoms with van der Waals surface area (Å²) >= 11 is 1.20. The second-order valence-corrected chi connectivity index (χ2v) is 10.3. The summed E-state index contributed by atoms with van der Waals surface area (Å²) in [4.78, 5) is 44.9. The fourth-order valence-corrected chi connectivity index (χ4v) is 5.77. The molecule has 0 saturated heterocycles. The molecule has 1 aliphatic heterocycles. The largest absolute Gasteiger partial charge is 0.497 e. The number of carbonyl (C=O) groups excluding carboxylic acids is 2. The molecule has 0 amide bonds. The SMILES string of the molecule is CCOC(=O)COc1ccccc1/C=c1\sc2n(c1=O)[C@H](c1cccc(OC)c1)C(C(=O)OCC)=C(c1ccccc1)N=2. The molecule has 0 aliphatic carbocycles. The van der Waals surface area contributed by atoms with Gasteiger partial charge in [-0.3, -0.25) is 9.36 Å². The number of hydrogen-bond acceptors (Lipinski definition) is 9. The van der Waals surface area contributed by atoms with Gasteiger partial charge in [0.2, 0.25) is 0 Å². The van der Waals surface area contributed by atoms with Crippen molar-refractivity contribution in [2.45, 2.75) is 19.9 Å². The van der Waals surface area contributed by atoms with Gasteiger partial charge in [-0.1, -0.05) is 72.0 Å². The topological polar surface area (TPSA) is 105 Å². The summed E-state index contributed by atoms with van der Waals surface area (Å²) in [7, 11) is 1.56. The summed E-state index contributed by atoms with van der Waals surface area (Å²) in [6.07, 6.45) is 1.70. The maximum absolute atomic E-state index is 14.1. The molecule has 0 spiro atoms. The Kier molecular flexibility index (Phi) is 9.17. The minimum Gasteiger partial charge on any atom is -0.497 e. The second-order valence-electron chi connectivity index (χ2n) is 9.34. The highest BCUT2D eigenvalue weighted by Crippen LogP contribution is 2.36. The quantitative estimate of drug-likeness (QED) is 0.255. The van der Waals surface area contributed by atoms with E-state index in [0.29, 0.717) is 43.2 Å². The number of thiazole rings is 1. The van der Waals surface area contributed by atoms with Gasteiger partial charge in [-0.25, -0.2) is 14.6 Å². The van der Waals surface area contributed by atoms with Gasteiger partial charge in [-0.05, 0) is 43.7 Å². The molecule has 43 heavy (non-hydrogen) atoms. The average Bonchev–Trinajstić information content (AvgIpc) is 3.34. The molecule has 0 bridgehead atoms. The maximum atomic E-state index is 14.1. The van der Waals surface area contributed by atoms with Gasteiger partial charge in [0.25, 0.3) is 5.56 Å². The van der Waals surface area contributed by atoms with E-state index in [-0.39, 0.29) is 31.0 Å². The first-order valence-electron chi connectivity index (χ1n) is 13.7. The Morgan fingerprint density at radius 1 is 0.953 bits per heavy atom. The zero-order valence-electron chi connectivity index (χ0n) is 23.9. The van der Waals surface area contributed by atoms with Crippen LogP contribution >= 0.6 is 11.3 Å². The Balaban J connectivity index is 1.73. The highest BCUT2D eigenvalue weighted by atomic mass is 32.1. The van der Waals surface area contributed by atoms with Crippen molar-refractivity contribution in [2.75, 3.05) is 26.9 Å². The molecule has 4 aromatic rings. The van der Waals surface area contributed by atoms with Crippen molar-refractivity contribution in [2.24, 2.45) is 4.99 Å². The molecule has 5 rings (SSSR count). The minimum absolute atomic E-state index is 0.155. The van der Waals surface area contributed by atoms with Gasteiger partial charge in [-0.2, -0.15) is 0 Å². The van der Waals surface area contributed by atoms with E-state index >= 15 is 0 Å². The van der Waals surface area contributed by atoms with Crippen molar-refractivity contribution in [1.29, 1.82) is 0 Å². The first-order valence-corrected chi connectivity index (χ1v) is 14.6. The van der Waals surface area contributed by atoms with E-state index in [0.717, 1.165) is 0 Å². The molecular weight excluding hydrogens is 568 g/mol. The lowest BCUT2D eigenvalue weighted by Crippen LogP contribution is -2.40. The minimum atomic E-state index is -0.835. The van der Waals surface area contributed by atoms with Crippen molar-refractivity contribution in [3.8, 4) is 11.5 Å². The molecule has 0 N–H and O–H groups in total. The average molecular weight is 599 g/mol. The third-order valence-corrected chi connectivity index (χ3v) is 7.62. The fraction of sp³-hybridized carbons (Fsp3) is 0.212. The van der Waals surface area contributed by atoms with E-state index in [2.05, 4.69) is 0 Å². The lowest BCUT2D eigenvalue weighted by Gasteiger charge is -2.26. The molecule has 0 saturated carbocycles. The van der Waals surface area contributed by atoms with Crippen molar-refractivity contribution in [3.63, 3.8) is 0 Å². The van der Waals surface area contributed by atoms with Crippen LogP contribution in [0.1, 0.15) is 36.6 Å². The van der Waals surface area contributed by atoms with Gasteiger partial charge in [0.05, 0.1) is 42.2 Å². The van der Waals surface area contributed by atoms with Crippen LogP contribution in [0.2, 0.25) is 0 Å². The van der Waals surface area contributed by atoms with Gasteiger partial charge in [0, 0.05) is 11.1 Å². The summed E-state index contributed by atoms with van der Waals surface area (Å²) in [5.74, 6) is -0.0588. The zero-order valence-corrected chi connectivity index (χ0v) is 24.8. The number of benzene rings is 3. The molecule has 1 aromatic heterocycles. The Morgan fingerprint density at radius 3 is 2.44 bits per heavy atom. The summed E-state index contributed by atoms with van der Waals surface area (Å²) in [5.41, 5.74) is 2.32. The van der Waals surface area contributed by atoms with Gasteiger partial charge in [0.1, 0.15) is 11.5 Å². The van der Waals surface area contributed by atoms with Crippen LogP contribution in [0.15, 0.2) is 94.2 Å². The van der Waals surface area contributed by atoms with Crippen LogP contribution < -0.4 is 24.4 Å². The molecule has 3 aromatic carbocycles. The van der Waals surface area contributed by atoms with Crippen LogP contribution in [0.3, 0.4) is 0 Å². The number of para-hydroxylation sites is 1. The first-order chi connectivity index (χ1) is 20.9. The number of ether oxygens (including phenoxy) is 4. The molecule has 0 radical (unpaired) electrons. The van der Waals surface area contributed by atoms with Crippen molar-refractivity contribution in [1.82, 2.24) is 4.57 Å². The number of aromatic nitrogens is 1. The van der Waals surface area contributed by atoms with E-state index in [1.165, 1.54) is 15.9 Å². The number of carbonyl (C=O) groups is 2. The lowest BCUT2D eigenvalue weighted by atomic mass is 9.93. The van der Waals surface area contributed by atoms with E-state index in [1.54, 1.807) is 57.4 Å². The highest BCUT2D eigenvalue weighted by molar-refractivity contribution is 7.07. The first kappa shape index (κ1) is 29.5. The highest BCUT2D eigenvalue weighted by Gasteiger charge is 2.35. The molecule has 1 atom stereocenters. The molecule has 2 heterocycles. The van der Waals surface area contributed by atoms with Gasteiger partial charge in [-0.15, -0.1) is 0 Å². The normalized spacial score (nSPS) is 14.5. The van der Waals surface area contributed by atoms with Gasteiger partial charge < -0.3 is 18.9 Å². The van der Waals surface area contributed by atoms with Crippen molar-refractivity contribution >= 4 is 35.0 Å². The number of nitrogens with zero attached hydrogens (tertiary/aromatic N) is 2. The molecule has 9 nitrogen and oxygen atoms in total. The van der Waals surface area contributed by atoms with Gasteiger partial charge in [0.15, 0.2) is 11.4 Å². The smallest absolute Gasteiger partial charge is 0.344 e. The second kappa shape index (κ2) is 13.3. The number of fused-ring (bicyclic) bond motifs is 1. The number of esters is 2. The summed E-state index contributed by atoms with van der Waals surface area (Å²) in [5, 5.41) is 0. The monoisotopic (exact) mass is 598 g/mol. The summed E-state index contributed by atoms with van der Waals surface area (Å²) < 4.78 is 23.6. The van der Waals surface area contributed by atoms with Crippen LogP contribution in [0.25, 0.3) is 11.8 Å². The Bertz CT molecular complexity index is 1860. The molecule has 0 fully saturated rings. The lowest BCUT2D eigenvalue weighted by molar-refractivity contribution is -0.145. The van der Waals surface area contributed by atoms with Crippen LogP contribution in [-0.2, 0) is 19.1 Å². The number of methoxy groups -OCH3 is 1. The van der Waals surface area contributed by atoms with Crippen LogP contribution in [0, 0.1) is 0 Å². The van der Waals surface area contributed by atoms with E-state index < -0.39 is 18.0 Å². The Morgan fingerprint density at radius 2 is 1.70 bits per heavy atom. The summed E-state index contributed by atoms with van der Waals surface area (Å²) in [6.45, 7) is 3.60. The predicted octanol–water partition coefficient (Wildman–Crippen LogP) is 3.89. The molecular formula is C33H30N2O7S. The third-order valence-electron chi connectivity index (χ3n) is 6.64.